The monoisotopic (exact) mass is 219 g/mol. The van der Waals surface area contributed by atoms with E-state index in [0.29, 0.717) is 10.2 Å². The molecule has 0 amide bonds. The average molecular weight is 219 g/mol. The summed E-state index contributed by atoms with van der Waals surface area (Å²) < 4.78 is 4.59. The summed E-state index contributed by atoms with van der Waals surface area (Å²) in [6.07, 6.45) is 0. The van der Waals surface area contributed by atoms with Gasteiger partial charge >= 0.3 is 5.97 Å². The number of carbonyl (C=O) groups is 1. The lowest BCUT2D eigenvalue weighted by Gasteiger charge is -2.04. The zero-order chi connectivity index (χ0) is 9.84. The number of rotatable bonds is 4. The van der Waals surface area contributed by atoms with Crippen LogP contribution in [0.3, 0.4) is 0 Å². The van der Waals surface area contributed by atoms with E-state index in [1.165, 1.54) is 11.5 Å². The van der Waals surface area contributed by atoms with Gasteiger partial charge in [0.2, 0.25) is 0 Å². The van der Waals surface area contributed by atoms with Crippen LogP contribution in [0.25, 0.3) is 0 Å². The molecule has 72 valence electrons. The fourth-order valence-electron chi connectivity index (χ4n) is 0.647. The molecule has 1 rings (SSSR count). The Bertz CT molecular complexity index is 302. The van der Waals surface area contributed by atoms with E-state index in [0.717, 1.165) is 11.8 Å². The zero-order valence-electron chi connectivity index (χ0n) is 6.93. The van der Waals surface area contributed by atoms with E-state index < -0.39 is 11.2 Å². The van der Waals surface area contributed by atoms with Crippen molar-refractivity contribution in [3.63, 3.8) is 0 Å². The van der Waals surface area contributed by atoms with Crippen molar-refractivity contribution in [1.29, 1.82) is 0 Å². The first-order chi connectivity index (χ1) is 6.13. The van der Waals surface area contributed by atoms with Crippen molar-refractivity contribution in [2.45, 2.75) is 16.5 Å². The molecule has 0 bridgehead atoms. The molecule has 0 radical (unpaired) electrons. The van der Waals surface area contributed by atoms with Crippen LogP contribution in [0.1, 0.15) is 5.82 Å². The van der Waals surface area contributed by atoms with Gasteiger partial charge in [-0.1, -0.05) is 11.8 Å². The Morgan fingerprint density at radius 2 is 2.54 bits per heavy atom. The van der Waals surface area contributed by atoms with E-state index in [1.807, 2.05) is 0 Å². The summed E-state index contributed by atoms with van der Waals surface area (Å²) in [5.41, 5.74) is 5.28. The van der Waals surface area contributed by atoms with E-state index >= 15 is 0 Å². The zero-order valence-corrected chi connectivity index (χ0v) is 8.56. The number of aromatic nitrogens is 2. The molecule has 0 aromatic carbocycles. The topological polar surface area (TPSA) is 89.1 Å². The Kier molecular flexibility index (Phi) is 3.64. The summed E-state index contributed by atoms with van der Waals surface area (Å²) >= 11 is 2.33. The molecule has 13 heavy (non-hydrogen) atoms. The van der Waals surface area contributed by atoms with Crippen LogP contribution in [0.4, 0.5) is 0 Å². The summed E-state index contributed by atoms with van der Waals surface area (Å²) in [7, 11) is 0. The van der Waals surface area contributed by atoms with Gasteiger partial charge in [-0.25, -0.2) is 4.98 Å². The van der Waals surface area contributed by atoms with Crippen molar-refractivity contribution < 1.29 is 9.90 Å². The quantitative estimate of drug-likeness (QED) is 0.710. The second-order valence-corrected chi connectivity index (χ2v) is 4.49. The molecule has 1 aromatic heterocycles. The minimum Gasteiger partial charge on any atom is -0.480 e. The number of nitrogens with zero attached hydrogens (tertiary/aromatic N) is 2. The molecular formula is C6H9N3O2S2. The third kappa shape index (κ3) is 2.94. The number of hydrogen-bond donors (Lipinski definition) is 2. The van der Waals surface area contributed by atoms with Crippen LogP contribution >= 0.6 is 23.3 Å². The van der Waals surface area contributed by atoms with E-state index in [1.54, 1.807) is 6.92 Å². The van der Waals surface area contributed by atoms with Gasteiger partial charge in [0.25, 0.3) is 0 Å². The van der Waals surface area contributed by atoms with E-state index in [2.05, 4.69) is 9.36 Å². The fourth-order valence-corrected chi connectivity index (χ4v) is 2.33. The van der Waals surface area contributed by atoms with Gasteiger partial charge in [0.05, 0.1) is 0 Å². The van der Waals surface area contributed by atoms with Gasteiger partial charge in [0, 0.05) is 6.54 Å². The van der Waals surface area contributed by atoms with Gasteiger partial charge in [-0.3, -0.25) is 4.79 Å². The lowest BCUT2D eigenvalue weighted by Crippen LogP contribution is -2.25. The van der Waals surface area contributed by atoms with Crippen molar-refractivity contribution in [1.82, 2.24) is 9.36 Å². The largest absolute Gasteiger partial charge is 0.480 e. The summed E-state index contributed by atoms with van der Waals surface area (Å²) in [6, 6.07) is 0. The minimum absolute atomic E-state index is 0.0959. The second kappa shape index (κ2) is 4.54. The van der Waals surface area contributed by atoms with Crippen molar-refractivity contribution in [2.24, 2.45) is 5.73 Å². The second-order valence-electron chi connectivity index (χ2n) is 2.29. The predicted octanol–water partition coefficient (Wildman–Crippen LogP) is 0.351. The number of nitrogens with two attached hydrogens (primary N) is 1. The highest BCUT2D eigenvalue weighted by Gasteiger charge is 2.18. The van der Waals surface area contributed by atoms with E-state index in [4.69, 9.17) is 10.8 Å². The van der Waals surface area contributed by atoms with Crippen LogP contribution in [0.15, 0.2) is 4.34 Å². The third-order valence-electron chi connectivity index (χ3n) is 1.24. The van der Waals surface area contributed by atoms with Crippen LogP contribution in [0.5, 0.6) is 0 Å². The maximum absolute atomic E-state index is 10.6. The van der Waals surface area contributed by atoms with Crippen molar-refractivity contribution >= 4 is 29.3 Å². The summed E-state index contributed by atoms with van der Waals surface area (Å²) in [5, 5.41) is 8.06. The molecule has 1 unspecified atom stereocenters. The normalized spacial score (nSPS) is 12.8. The maximum atomic E-state index is 10.6. The average Bonchev–Trinajstić information content (AvgIpc) is 2.46. The Morgan fingerprint density at radius 1 is 1.85 bits per heavy atom. The Balaban J connectivity index is 2.61. The molecule has 0 aliphatic heterocycles. The Labute approximate surface area is 83.5 Å². The molecule has 0 aliphatic rings. The van der Waals surface area contributed by atoms with E-state index in [9.17, 15) is 4.79 Å². The first-order valence-electron chi connectivity index (χ1n) is 3.53. The van der Waals surface area contributed by atoms with Crippen LogP contribution in [0.2, 0.25) is 0 Å². The standard InChI is InChI=1S/C6H9N3O2S2/c1-3-8-6(13-9-3)12-4(2-7)5(10)11/h4H,2,7H2,1H3,(H,10,11). The lowest BCUT2D eigenvalue weighted by molar-refractivity contribution is -0.136. The number of aryl methyl sites for hydroxylation is 1. The molecule has 0 saturated carbocycles. The van der Waals surface area contributed by atoms with Crippen LogP contribution in [0, 0.1) is 6.92 Å². The van der Waals surface area contributed by atoms with Gasteiger partial charge in [0.1, 0.15) is 11.1 Å². The molecule has 3 N–H and O–H groups in total. The number of carboxylic acids is 1. The van der Waals surface area contributed by atoms with Crippen molar-refractivity contribution in [3.05, 3.63) is 5.82 Å². The summed E-state index contributed by atoms with van der Waals surface area (Å²) in [5.74, 6) is -0.256. The third-order valence-corrected chi connectivity index (χ3v) is 3.33. The fraction of sp³-hybridized carbons (Fsp3) is 0.500. The lowest BCUT2D eigenvalue weighted by atomic mass is 10.4. The Morgan fingerprint density at radius 3 is 2.92 bits per heavy atom. The highest BCUT2D eigenvalue weighted by molar-refractivity contribution is 8.02. The van der Waals surface area contributed by atoms with Crippen molar-refractivity contribution in [3.8, 4) is 0 Å². The van der Waals surface area contributed by atoms with Crippen molar-refractivity contribution in [2.75, 3.05) is 6.54 Å². The number of hydrogen-bond acceptors (Lipinski definition) is 6. The first kappa shape index (κ1) is 10.4. The minimum atomic E-state index is -0.916. The van der Waals surface area contributed by atoms with Crippen LogP contribution < -0.4 is 5.73 Å². The molecule has 0 saturated heterocycles. The van der Waals surface area contributed by atoms with Gasteiger partial charge in [-0.15, -0.1) is 0 Å². The smallest absolute Gasteiger partial charge is 0.318 e. The highest BCUT2D eigenvalue weighted by Crippen LogP contribution is 2.24. The predicted molar refractivity (Wildman–Crippen MR) is 51.0 cm³/mol. The Hall–Kier alpha value is -0.660. The number of aliphatic carboxylic acids is 1. The first-order valence-corrected chi connectivity index (χ1v) is 5.18. The van der Waals surface area contributed by atoms with Crippen LogP contribution in [-0.2, 0) is 4.79 Å². The highest BCUT2D eigenvalue weighted by atomic mass is 32.2. The molecule has 0 aliphatic carbocycles. The van der Waals surface area contributed by atoms with E-state index in [-0.39, 0.29) is 6.54 Å². The molecule has 7 heteroatoms. The molecule has 5 nitrogen and oxygen atoms in total. The summed E-state index contributed by atoms with van der Waals surface area (Å²) in [6.45, 7) is 1.86. The summed E-state index contributed by atoms with van der Waals surface area (Å²) in [4.78, 5) is 14.6. The van der Waals surface area contributed by atoms with Gasteiger partial charge in [0.15, 0.2) is 4.34 Å². The molecule has 1 heterocycles. The van der Waals surface area contributed by atoms with Gasteiger partial charge < -0.3 is 10.8 Å². The molecule has 1 aromatic rings. The SMILES string of the molecule is Cc1nsc(SC(CN)C(=O)O)n1. The molecular weight excluding hydrogens is 210 g/mol. The molecule has 0 fully saturated rings. The van der Waals surface area contributed by atoms with Crippen LogP contribution in [-0.4, -0.2) is 32.2 Å². The number of carboxylic acid groups (broad SMARTS) is 1. The molecule has 0 spiro atoms. The number of thioether (sulfide) groups is 1. The maximum Gasteiger partial charge on any atom is 0.318 e. The van der Waals surface area contributed by atoms with Gasteiger partial charge in [-0.2, -0.15) is 4.37 Å². The molecule has 1 atom stereocenters. The van der Waals surface area contributed by atoms with Gasteiger partial charge in [-0.05, 0) is 18.5 Å².